The maximum absolute atomic E-state index is 12.9. The molecule has 0 fully saturated rings. The van der Waals surface area contributed by atoms with E-state index in [9.17, 15) is 9.90 Å². The van der Waals surface area contributed by atoms with Crippen LogP contribution in [0.1, 0.15) is 66.6 Å². The van der Waals surface area contributed by atoms with E-state index in [1.54, 1.807) is 18.2 Å². The van der Waals surface area contributed by atoms with Crippen molar-refractivity contribution in [2.75, 3.05) is 13.2 Å². The molecule has 3 aromatic carbocycles. The molecule has 3 N–H and O–H groups in total. The number of ether oxygens (including phenoxy) is 1. The molecule has 39 heavy (non-hydrogen) atoms. The lowest BCUT2D eigenvalue weighted by atomic mass is 10.1. The maximum atomic E-state index is 12.9. The summed E-state index contributed by atoms with van der Waals surface area (Å²) in [5, 5.41) is 12.8. The number of carbonyl (C=O) groups excluding carboxylic acids is 1. The summed E-state index contributed by atoms with van der Waals surface area (Å²) in [5.74, 6) is 2.53. The van der Waals surface area contributed by atoms with Crippen molar-refractivity contribution in [1.29, 1.82) is 0 Å². The van der Waals surface area contributed by atoms with Crippen molar-refractivity contribution in [1.82, 2.24) is 24.8 Å². The van der Waals surface area contributed by atoms with Gasteiger partial charge in [-0.2, -0.15) is 0 Å². The lowest BCUT2D eigenvalue weighted by molar-refractivity contribution is 0.0953. The van der Waals surface area contributed by atoms with Gasteiger partial charge in [0.25, 0.3) is 5.91 Å². The zero-order valence-corrected chi connectivity index (χ0v) is 22.7. The SMILES string of the molecule is CCCCOc1ccccc1CCCNC(=O)c1ccc2nc(C(C)c3nc4ccc(O)cc4[nH]3)n(C)c2c1. The third kappa shape index (κ3) is 5.74. The number of benzene rings is 3. The Balaban J connectivity index is 1.23. The highest BCUT2D eigenvalue weighted by atomic mass is 16.5. The smallest absolute Gasteiger partial charge is 0.251 e. The van der Waals surface area contributed by atoms with E-state index in [1.807, 2.05) is 54.9 Å². The second-order valence-corrected chi connectivity index (χ2v) is 9.95. The third-order valence-corrected chi connectivity index (χ3v) is 7.10. The molecule has 1 atom stereocenters. The lowest BCUT2D eigenvalue weighted by Gasteiger charge is -2.11. The molecule has 0 aliphatic heterocycles. The van der Waals surface area contributed by atoms with E-state index in [0.29, 0.717) is 12.1 Å². The summed E-state index contributed by atoms with van der Waals surface area (Å²) in [6, 6.07) is 18.8. The van der Waals surface area contributed by atoms with Gasteiger partial charge in [-0.1, -0.05) is 31.5 Å². The van der Waals surface area contributed by atoms with Crippen LogP contribution >= 0.6 is 0 Å². The maximum Gasteiger partial charge on any atom is 0.251 e. The number of aryl methyl sites for hydroxylation is 2. The van der Waals surface area contributed by atoms with Gasteiger partial charge >= 0.3 is 0 Å². The number of nitrogens with one attached hydrogen (secondary N) is 2. The molecule has 8 nitrogen and oxygen atoms in total. The van der Waals surface area contributed by atoms with Crippen LogP contribution in [0.4, 0.5) is 0 Å². The molecule has 5 rings (SSSR count). The van der Waals surface area contributed by atoms with Gasteiger partial charge < -0.3 is 24.7 Å². The van der Waals surface area contributed by atoms with Gasteiger partial charge in [0.1, 0.15) is 23.1 Å². The molecule has 0 saturated carbocycles. The van der Waals surface area contributed by atoms with Gasteiger partial charge in [0, 0.05) is 25.2 Å². The summed E-state index contributed by atoms with van der Waals surface area (Å²) in [4.78, 5) is 25.7. The Morgan fingerprint density at radius 3 is 2.74 bits per heavy atom. The fraction of sp³-hybridized carbons (Fsp3) is 0.323. The predicted octanol–water partition coefficient (Wildman–Crippen LogP) is 5.85. The highest BCUT2D eigenvalue weighted by Crippen LogP contribution is 2.28. The van der Waals surface area contributed by atoms with Crippen molar-refractivity contribution in [2.24, 2.45) is 7.05 Å². The van der Waals surface area contributed by atoms with Crippen LogP contribution in [0, 0.1) is 0 Å². The van der Waals surface area contributed by atoms with Crippen molar-refractivity contribution in [3.8, 4) is 11.5 Å². The predicted molar refractivity (Wildman–Crippen MR) is 153 cm³/mol. The first-order valence-electron chi connectivity index (χ1n) is 13.6. The van der Waals surface area contributed by atoms with E-state index in [0.717, 1.165) is 71.8 Å². The first-order chi connectivity index (χ1) is 18.9. The number of para-hydroxylation sites is 1. The molecular weight excluding hydrogens is 490 g/mol. The van der Waals surface area contributed by atoms with E-state index in [2.05, 4.69) is 28.3 Å². The zero-order valence-electron chi connectivity index (χ0n) is 22.7. The summed E-state index contributed by atoms with van der Waals surface area (Å²) < 4.78 is 7.94. The van der Waals surface area contributed by atoms with Gasteiger partial charge in [0.05, 0.1) is 34.6 Å². The van der Waals surface area contributed by atoms with Crippen LogP contribution in [-0.4, -0.2) is 43.7 Å². The molecule has 8 heteroatoms. The number of imidazole rings is 2. The molecule has 202 valence electrons. The first-order valence-corrected chi connectivity index (χ1v) is 13.6. The van der Waals surface area contributed by atoms with Crippen molar-refractivity contribution in [2.45, 2.75) is 45.4 Å². The standard InChI is InChI=1S/C31H35N5O3/c1-4-5-17-39-28-11-7-6-9-21(28)10-8-16-32-31(38)22-12-14-25-27(18-22)36(3)30(35-25)20(2)29-33-24-15-13-23(37)19-26(24)34-29/h6-7,9,11-15,18-20,37H,4-5,8,10,16-17H2,1-3H3,(H,32,38)(H,33,34). The van der Waals surface area contributed by atoms with Crippen LogP contribution in [0.15, 0.2) is 60.7 Å². The van der Waals surface area contributed by atoms with Crippen LogP contribution in [0.3, 0.4) is 0 Å². The number of aromatic nitrogens is 4. The van der Waals surface area contributed by atoms with Crippen LogP contribution in [0.2, 0.25) is 0 Å². The van der Waals surface area contributed by atoms with Crippen LogP contribution in [0.25, 0.3) is 22.1 Å². The lowest BCUT2D eigenvalue weighted by Crippen LogP contribution is -2.24. The fourth-order valence-electron chi connectivity index (χ4n) is 4.84. The number of hydrogen-bond acceptors (Lipinski definition) is 5. The second kappa shape index (κ2) is 11.6. The number of rotatable bonds is 11. The Morgan fingerprint density at radius 1 is 1.08 bits per heavy atom. The zero-order chi connectivity index (χ0) is 27.4. The Labute approximate surface area is 228 Å². The molecule has 0 spiro atoms. The Kier molecular flexibility index (Phi) is 7.81. The van der Waals surface area contributed by atoms with Crippen molar-refractivity contribution in [3.63, 3.8) is 0 Å². The number of amides is 1. The normalized spacial score (nSPS) is 12.2. The van der Waals surface area contributed by atoms with Gasteiger partial charge in [-0.05, 0) is 68.1 Å². The summed E-state index contributed by atoms with van der Waals surface area (Å²) >= 11 is 0. The molecule has 0 bridgehead atoms. The quantitative estimate of drug-likeness (QED) is 0.188. The summed E-state index contributed by atoms with van der Waals surface area (Å²) in [5.41, 5.74) is 5.05. The largest absolute Gasteiger partial charge is 0.508 e. The average molecular weight is 526 g/mol. The van der Waals surface area contributed by atoms with Crippen molar-refractivity contribution >= 4 is 28.0 Å². The van der Waals surface area contributed by atoms with Gasteiger partial charge in [-0.25, -0.2) is 9.97 Å². The minimum atomic E-state index is -0.108. The van der Waals surface area contributed by atoms with E-state index in [1.165, 1.54) is 5.56 Å². The Bertz CT molecular complexity index is 1600. The molecule has 5 aromatic rings. The minimum absolute atomic E-state index is 0.0997. The fourth-order valence-corrected chi connectivity index (χ4v) is 4.84. The Morgan fingerprint density at radius 2 is 1.90 bits per heavy atom. The summed E-state index contributed by atoms with van der Waals surface area (Å²) in [7, 11) is 1.96. The number of H-pyrrole nitrogens is 1. The first kappa shape index (κ1) is 26.3. The van der Waals surface area contributed by atoms with Gasteiger partial charge in [-0.3, -0.25) is 4.79 Å². The number of unbranched alkanes of at least 4 members (excludes halogenated alkanes) is 1. The van der Waals surface area contributed by atoms with Crippen LogP contribution in [0.5, 0.6) is 11.5 Å². The number of aromatic amines is 1. The summed E-state index contributed by atoms with van der Waals surface area (Å²) in [6.45, 7) is 5.50. The number of hydrogen-bond donors (Lipinski definition) is 3. The molecule has 0 aliphatic carbocycles. The minimum Gasteiger partial charge on any atom is -0.508 e. The van der Waals surface area contributed by atoms with Gasteiger partial charge in [0.15, 0.2) is 0 Å². The van der Waals surface area contributed by atoms with E-state index in [4.69, 9.17) is 9.72 Å². The van der Waals surface area contributed by atoms with Crippen LogP contribution < -0.4 is 10.1 Å². The monoisotopic (exact) mass is 525 g/mol. The summed E-state index contributed by atoms with van der Waals surface area (Å²) in [6.07, 6.45) is 3.81. The van der Waals surface area contributed by atoms with E-state index in [-0.39, 0.29) is 17.6 Å². The van der Waals surface area contributed by atoms with Crippen LogP contribution in [-0.2, 0) is 13.5 Å². The molecule has 2 aromatic heterocycles. The van der Waals surface area contributed by atoms with Gasteiger partial charge in [-0.15, -0.1) is 0 Å². The number of fused-ring (bicyclic) bond motifs is 2. The number of aromatic hydroxyl groups is 1. The number of phenolic OH excluding ortho intramolecular Hbond substituents is 1. The number of carbonyl (C=O) groups is 1. The average Bonchev–Trinajstić information content (AvgIpc) is 3.51. The molecule has 0 saturated heterocycles. The number of nitrogens with zero attached hydrogens (tertiary/aromatic N) is 3. The van der Waals surface area contributed by atoms with E-state index >= 15 is 0 Å². The molecule has 1 unspecified atom stereocenters. The molecule has 0 aliphatic rings. The van der Waals surface area contributed by atoms with E-state index < -0.39 is 0 Å². The number of phenols is 1. The molecule has 0 radical (unpaired) electrons. The van der Waals surface area contributed by atoms with Gasteiger partial charge in [0.2, 0.25) is 0 Å². The highest BCUT2D eigenvalue weighted by Gasteiger charge is 2.20. The molecule has 2 heterocycles. The molecule has 1 amide bonds. The topological polar surface area (TPSA) is 105 Å². The van der Waals surface area contributed by atoms with Crippen molar-refractivity contribution < 1.29 is 14.6 Å². The highest BCUT2D eigenvalue weighted by molar-refractivity contribution is 5.97. The van der Waals surface area contributed by atoms with Crippen molar-refractivity contribution in [3.05, 3.63) is 83.4 Å². The third-order valence-electron chi connectivity index (χ3n) is 7.10. The Hall–Kier alpha value is -4.33. The second-order valence-electron chi connectivity index (χ2n) is 9.95. The molecular formula is C31H35N5O3.